The van der Waals surface area contributed by atoms with E-state index in [1.807, 2.05) is 6.92 Å². The molecule has 1 aromatic carbocycles. The Morgan fingerprint density at radius 2 is 1.86 bits per heavy atom. The Balaban J connectivity index is 2.18. The van der Waals surface area contributed by atoms with E-state index in [1.54, 1.807) is 26.0 Å². The van der Waals surface area contributed by atoms with Crippen LogP contribution in [0.5, 0.6) is 5.75 Å². The van der Waals surface area contributed by atoms with Crippen molar-refractivity contribution in [3.05, 3.63) is 18.2 Å². The summed E-state index contributed by atoms with van der Waals surface area (Å²) in [5, 5.41) is 2.84. The van der Waals surface area contributed by atoms with Gasteiger partial charge in [-0.05, 0) is 57.0 Å². The second kappa shape index (κ2) is 10.2. The van der Waals surface area contributed by atoms with E-state index in [-0.39, 0.29) is 10.8 Å². The van der Waals surface area contributed by atoms with Crippen molar-refractivity contribution in [3.8, 4) is 5.75 Å². The number of hydrogen-bond donors (Lipinski definition) is 1. The minimum absolute atomic E-state index is 0.0858. The van der Waals surface area contributed by atoms with Crippen molar-refractivity contribution in [3.63, 3.8) is 0 Å². The van der Waals surface area contributed by atoms with Crippen LogP contribution in [-0.2, 0) is 14.8 Å². The van der Waals surface area contributed by atoms with Gasteiger partial charge in [-0.3, -0.25) is 9.69 Å². The van der Waals surface area contributed by atoms with Crippen molar-refractivity contribution >= 4 is 21.6 Å². The van der Waals surface area contributed by atoms with Gasteiger partial charge in [0.1, 0.15) is 10.6 Å². The summed E-state index contributed by atoms with van der Waals surface area (Å²) in [5.74, 6) is 0.876. The number of piperidine rings is 1. The number of anilines is 1. The number of hydrogen-bond acceptors (Lipinski definition) is 5. The molecule has 28 heavy (non-hydrogen) atoms. The zero-order valence-corrected chi connectivity index (χ0v) is 18.2. The van der Waals surface area contributed by atoms with Gasteiger partial charge in [0.05, 0.1) is 13.2 Å². The van der Waals surface area contributed by atoms with Crippen LogP contribution in [0.2, 0.25) is 0 Å². The molecule has 1 amide bonds. The van der Waals surface area contributed by atoms with Crippen LogP contribution in [0.1, 0.15) is 40.5 Å². The van der Waals surface area contributed by atoms with E-state index in [0.29, 0.717) is 43.6 Å². The van der Waals surface area contributed by atoms with E-state index < -0.39 is 10.0 Å². The third-order valence-corrected chi connectivity index (χ3v) is 7.17. The van der Waals surface area contributed by atoms with E-state index in [4.69, 9.17) is 4.74 Å². The molecule has 1 saturated heterocycles. The molecular formula is C20H33N3O4S. The second-order valence-corrected chi connectivity index (χ2v) is 9.10. The number of carbonyl (C=O) groups excluding carboxylic acids is 1. The molecule has 1 aromatic rings. The van der Waals surface area contributed by atoms with Crippen LogP contribution in [0.3, 0.4) is 0 Å². The van der Waals surface area contributed by atoms with Gasteiger partial charge < -0.3 is 10.1 Å². The second-order valence-electron chi connectivity index (χ2n) is 7.19. The van der Waals surface area contributed by atoms with E-state index in [9.17, 15) is 13.2 Å². The maximum atomic E-state index is 13.0. The molecule has 0 spiro atoms. The van der Waals surface area contributed by atoms with E-state index in [1.165, 1.54) is 10.4 Å². The summed E-state index contributed by atoms with van der Waals surface area (Å²) < 4.78 is 32.9. The van der Waals surface area contributed by atoms with Crippen molar-refractivity contribution < 1.29 is 17.9 Å². The number of carbonyl (C=O) groups is 1. The van der Waals surface area contributed by atoms with Gasteiger partial charge in [0, 0.05) is 18.8 Å². The number of benzene rings is 1. The fourth-order valence-corrected chi connectivity index (χ4v) is 5.00. The summed E-state index contributed by atoms with van der Waals surface area (Å²) in [6, 6.07) is 4.79. The first-order chi connectivity index (χ1) is 13.3. The molecule has 0 unspecified atom stereocenters. The van der Waals surface area contributed by atoms with Crippen LogP contribution in [0, 0.1) is 5.92 Å². The topological polar surface area (TPSA) is 79.0 Å². The van der Waals surface area contributed by atoms with Gasteiger partial charge >= 0.3 is 0 Å². The molecule has 158 valence electrons. The highest BCUT2D eigenvalue weighted by Gasteiger charge is 2.26. The van der Waals surface area contributed by atoms with Gasteiger partial charge in [0.25, 0.3) is 0 Å². The summed E-state index contributed by atoms with van der Waals surface area (Å²) in [4.78, 5) is 14.7. The first kappa shape index (κ1) is 22.6. The lowest BCUT2D eigenvalue weighted by Crippen LogP contribution is -2.38. The maximum absolute atomic E-state index is 13.0. The number of likely N-dealkylation sites (tertiary alicyclic amines) is 1. The van der Waals surface area contributed by atoms with Crippen LogP contribution >= 0.6 is 0 Å². The molecule has 0 bridgehead atoms. The quantitative estimate of drug-likeness (QED) is 0.676. The Hall–Kier alpha value is -1.64. The lowest BCUT2D eigenvalue weighted by molar-refractivity contribution is -0.117. The molecule has 1 aliphatic rings. The van der Waals surface area contributed by atoms with Crippen LogP contribution in [0.25, 0.3) is 0 Å². The molecule has 0 radical (unpaired) electrons. The molecule has 0 aromatic heterocycles. The molecule has 1 N–H and O–H groups in total. The average Bonchev–Trinajstić information content (AvgIpc) is 2.65. The van der Waals surface area contributed by atoms with Gasteiger partial charge in [0.2, 0.25) is 15.9 Å². The molecule has 2 rings (SSSR count). The molecule has 0 aliphatic carbocycles. The average molecular weight is 412 g/mol. The molecule has 1 heterocycles. The number of nitrogens with one attached hydrogen (secondary N) is 1. The Kier molecular flexibility index (Phi) is 8.27. The highest BCUT2D eigenvalue weighted by molar-refractivity contribution is 7.89. The Morgan fingerprint density at radius 1 is 1.21 bits per heavy atom. The van der Waals surface area contributed by atoms with Crippen molar-refractivity contribution in [2.75, 3.05) is 44.6 Å². The molecule has 8 heteroatoms. The largest absolute Gasteiger partial charge is 0.492 e. The molecule has 0 atom stereocenters. The molecule has 1 aliphatic heterocycles. The Morgan fingerprint density at radius 3 is 2.43 bits per heavy atom. The number of nitrogens with zero attached hydrogens (tertiary/aromatic N) is 2. The fraction of sp³-hybridized carbons (Fsp3) is 0.650. The number of ether oxygens (including phenoxy) is 1. The van der Waals surface area contributed by atoms with Gasteiger partial charge in [-0.15, -0.1) is 0 Å². The first-order valence-electron chi connectivity index (χ1n) is 10.1. The van der Waals surface area contributed by atoms with E-state index in [2.05, 4.69) is 17.1 Å². The molecule has 1 fully saturated rings. The van der Waals surface area contributed by atoms with Crippen molar-refractivity contribution in [2.24, 2.45) is 5.92 Å². The lowest BCUT2D eigenvalue weighted by Gasteiger charge is -2.29. The SMILES string of the molecule is CCOc1ccc(NC(=O)CN2CCC(C)CC2)cc1S(=O)(=O)N(CC)CC. The monoisotopic (exact) mass is 411 g/mol. The van der Waals surface area contributed by atoms with Crippen LogP contribution in [0.4, 0.5) is 5.69 Å². The highest BCUT2D eigenvalue weighted by Crippen LogP contribution is 2.30. The first-order valence-corrected chi connectivity index (χ1v) is 11.5. The lowest BCUT2D eigenvalue weighted by atomic mass is 9.99. The number of sulfonamides is 1. The molecule has 0 saturated carbocycles. The smallest absolute Gasteiger partial charge is 0.246 e. The zero-order valence-electron chi connectivity index (χ0n) is 17.4. The minimum Gasteiger partial charge on any atom is -0.492 e. The van der Waals surface area contributed by atoms with E-state index in [0.717, 1.165) is 25.9 Å². The fourth-order valence-electron chi connectivity index (χ4n) is 3.39. The predicted molar refractivity (Wildman–Crippen MR) is 111 cm³/mol. The van der Waals surface area contributed by atoms with Crippen molar-refractivity contribution in [1.29, 1.82) is 0 Å². The van der Waals surface area contributed by atoms with Crippen LogP contribution in [0.15, 0.2) is 23.1 Å². The van der Waals surface area contributed by atoms with Gasteiger partial charge in [-0.1, -0.05) is 20.8 Å². The molecule has 7 nitrogen and oxygen atoms in total. The van der Waals surface area contributed by atoms with E-state index >= 15 is 0 Å². The van der Waals surface area contributed by atoms with Crippen LogP contribution in [-0.4, -0.2) is 62.9 Å². The number of rotatable bonds is 9. The molecular weight excluding hydrogens is 378 g/mol. The van der Waals surface area contributed by atoms with Crippen molar-refractivity contribution in [1.82, 2.24) is 9.21 Å². The minimum atomic E-state index is -3.70. The maximum Gasteiger partial charge on any atom is 0.246 e. The number of amides is 1. The third kappa shape index (κ3) is 5.68. The van der Waals surface area contributed by atoms with Crippen molar-refractivity contribution in [2.45, 2.75) is 45.4 Å². The summed E-state index contributed by atoms with van der Waals surface area (Å²) in [6.07, 6.45) is 2.20. The van der Waals surface area contributed by atoms with Gasteiger partial charge in [-0.25, -0.2) is 8.42 Å². The summed E-state index contributed by atoms with van der Waals surface area (Å²) in [6.45, 7) is 10.9. The summed E-state index contributed by atoms with van der Waals surface area (Å²) in [7, 11) is -3.70. The Labute approximate surface area is 169 Å². The third-order valence-electron chi connectivity index (χ3n) is 5.09. The van der Waals surface area contributed by atoms with Gasteiger partial charge in [0.15, 0.2) is 0 Å². The predicted octanol–water partition coefficient (Wildman–Crippen LogP) is 2.79. The Bertz CT molecular complexity index is 755. The highest BCUT2D eigenvalue weighted by atomic mass is 32.2. The van der Waals surface area contributed by atoms with Crippen LogP contribution < -0.4 is 10.1 Å². The zero-order chi connectivity index (χ0) is 20.7. The van der Waals surface area contributed by atoms with Gasteiger partial charge in [-0.2, -0.15) is 4.31 Å². The summed E-state index contributed by atoms with van der Waals surface area (Å²) >= 11 is 0. The standard InChI is InChI=1S/C20H33N3O4S/c1-5-23(6-2)28(25,26)19-14-17(8-9-18(19)27-7-3)21-20(24)15-22-12-10-16(4)11-13-22/h8-9,14,16H,5-7,10-13,15H2,1-4H3,(H,21,24). The normalized spacial score (nSPS) is 16.3. The summed E-state index contributed by atoms with van der Waals surface area (Å²) in [5.41, 5.74) is 0.463.